The molecule has 3 nitrogen and oxygen atoms in total. The van der Waals surface area contributed by atoms with Gasteiger partial charge in [-0.25, -0.2) is 0 Å². The van der Waals surface area contributed by atoms with E-state index < -0.39 is 0 Å². The van der Waals surface area contributed by atoms with E-state index in [4.69, 9.17) is 9.47 Å². The molecule has 0 saturated carbocycles. The lowest BCUT2D eigenvalue weighted by Gasteiger charge is -1.98. The fourth-order valence-corrected chi connectivity index (χ4v) is 3.94. The number of methoxy groups -OCH3 is 2. The Morgan fingerprint density at radius 2 is 1.28 bits per heavy atom. The molecule has 0 aliphatic heterocycles. The SMILES string of the molecule is COc1ccc(C=Cc2nc(C=Cc3ccc(OC)cc3)[s+]s2)cc1. The molecule has 25 heavy (non-hydrogen) atoms. The van der Waals surface area contributed by atoms with Crippen LogP contribution < -0.4 is 9.47 Å². The Bertz CT molecular complexity index is 793. The molecule has 126 valence electrons. The van der Waals surface area contributed by atoms with Gasteiger partial charge < -0.3 is 9.47 Å². The second-order valence-electron chi connectivity index (χ2n) is 5.17. The van der Waals surface area contributed by atoms with Crippen LogP contribution in [0.2, 0.25) is 0 Å². The molecule has 0 aliphatic rings. The van der Waals surface area contributed by atoms with E-state index in [1.807, 2.05) is 60.7 Å². The van der Waals surface area contributed by atoms with Crippen molar-refractivity contribution in [3.05, 3.63) is 69.7 Å². The topological polar surface area (TPSA) is 31.4 Å². The van der Waals surface area contributed by atoms with Gasteiger partial charge in [0.05, 0.1) is 14.2 Å². The number of rotatable bonds is 6. The van der Waals surface area contributed by atoms with Crippen LogP contribution in [0.4, 0.5) is 0 Å². The van der Waals surface area contributed by atoms with Crippen molar-refractivity contribution in [2.75, 3.05) is 14.2 Å². The van der Waals surface area contributed by atoms with Gasteiger partial charge in [0.25, 0.3) is 0 Å². The summed E-state index contributed by atoms with van der Waals surface area (Å²) in [7, 11) is 6.67. The molecule has 0 unspecified atom stereocenters. The van der Waals surface area contributed by atoms with Gasteiger partial charge in [0.2, 0.25) is 0 Å². The quantitative estimate of drug-likeness (QED) is 0.404. The van der Waals surface area contributed by atoms with Crippen LogP contribution in [-0.2, 0) is 0 Å². The number of benzene rings is 2. The highest BCUT2D eigenvalue weighted by Gasteiger charge is 2.10. The van der Waals surface area contributed by atoms with Crippen LogP contribution in [0, 0.1) is 0 Å². The summed E-state index contributed by atoms with van der Waals surface area (Å²) in [6.07, 6.45) is 8.19. The molecule has 2 aromatic carbocycles. The molecule has 5 heteroatoms. The van der Waals surface area contributed by atoms with Crippen LogP contribution in [0.25, 0.3) is 24.3 Å². The van der Waals surface area contributed by atoms with Gasteiger partial charge in [-0.2, -0.15) is 4.98 Å². The Balaban J connectivity index is 1.64. The Morgan fingerprint density at radius 1 is 0.760 bits per heavy atom. The second kappa shape index (κ2) is 8.55. The van der Waals surface area contributed by atoms with E-state index in [0.29, 0.717) is 0 Å². The highest BCUT2D eigenvalue weighted by atomic mass is 32.9. The third-order valence-electron chi connectivity index (χ3n) is 3.50. The largest absolute Gasteiger partial charge is 0.497 e. The summed E-state index contributed by atoms with van der Waals surface area (Å²) in [4.78, 5) is 4.62. The van der Waals surface area contributed by atoms with Crippen LogP contribution in [-0.4, -0.2) is 19.2 Å². The maximum Gasteiger partial charge on any atom is 0.341 e. The third-order valence-corrected chi connectivity index (χ3v) is 5.66. The van der Waals surface area contributed by atoms with Gasteiger partial charge in [-0.05, 0) is 47.5 Å². The Kier molecular flexibility index (Phi) is 5.93. The van der Waals surface area contributed by atoms with Gasteiger partial charge in [0.1, 0.15) is 11.5 Å². The number of nitrogens with zero attached hydrogens (tertiary/aromatic N) is 1. The summed E-state index contributed by atoms with van der Waals surface area (Å²) in [6.45, 7) is 0. The first-order valence-corrected chi connectivity index (χ1v) is 9.86. The molecule has 3 aromatic rings. The Morgan fingerprint density at radius 3 is 1.80 bits per heavy atom. The van der Waals surface area contributed by atoms with Gasteiger partial charge >= 0.3 is 15.3 Å². The minimum Gasteiger partial charge on any atom is -0.497 e. The van der Waals surface area contributed by atoms with E-state index in [0.717, 1.165) is 32.6 Å². The summed E-state index contributed by atoms with van der Waals surface area (Å²) >= 11 is 0. The van der Waals surface area contributed by atoms with Crippen molar-refractivity contribution in [3.63, 3.8) is 0 Å². The van der Waals surface area contributed by atoms with Gasteiger partial charge in [-0.1, -0.05) is 30.3 Å². The highest BCUT2D eigenvalue weighted by Crippen LogP contribution is 2.23. The zero-order chi connectivity index (χ0) is 17.5. The summed E-state index contributed by atoms with van der Waals surface area (Å²) in [6, 6.07) is 15.9. The van der Waals surface area contributed by atoms with Crippen LogP contribution in [0.1, 0.15) is 21.1 Å². The van der Waals surface area contributed by atoms with E-state index in [2.05, 4.69) is 17.1 Å². The lowest BCUT2D eigenvalue weighted by Crippen LogP contribution is -1.81. The summed E-state index contributed by atoms with van der Waals surface area (Å²) in [5, 5.41) is 1.99. The van der Waals surface area contributed by atoms with Crippen molar-refractivity contribution in [2.45, 2.75) is 0 Å². The smallest absolute Gasteiger partial charge is 0.341 e. The Hall–Kier alpha value is -2.50. The molecule has 0 aliphatic carbocycles. The maximum absolute atomic E-state index is 5.16. The number of hydrogen-bond donors (Lipinski definition) is 0. The van der Waals surface area contributed by atoms with E-state index >= 15 is 0 Å². The predicted octanol–water partition coefficient (Wildman–Crippen LogP) is 5.84. The van der Waals surface area contributed by atoms with Crippen molar-refractivity contribution >= 4 is 45.0 Å². The van der Waals surface area contributed by atoms with Crippen LogP contribution in [0.3, 0.4) is 0 Å². The molecule has 1 heterocycles. The van der Waals surface area contributed by atoms with E-state index in [9.17, 15) is 0 Å². The maximum atomic E-state index is 5.16. The van der Waals surface area contributed by atoms with E-state index in [-0.39, 0.29) is 0 Å². The fourth-order valence-electron chi connectivity index (χ4n) is 2.13. The molecule has 0 atom stereocenters. The van der Waals surface area contributed by atoms with Gasteiger partial charge in [-0.3, -0.25) is 0 Å². The molecule has 0 amide bonds. The lowest BCUT2D eigenvalue weighted by atomic mass is 10.2. The van der Waals surface area contributed by atoms with E-state index in [1.165, 1.54) is 0 Å². The van der Waals surface area contributed by atoms with Crippen molar-refractivity contribution < 1.29 is 9.47 Å². The van der Waals surface area contributed by atoms with Crippen LogP contribution in [0.15, 0.2) is 48.5 Å². The van der Waals surface area contributed by atoms with Gasteiger partial charge in [0.15, 0.2) is 15.3 Å². The summed E-state index contributed by atoms with van der Waals surface area (Å²) in [5.41, 5.74) is 2.24. The zero-order valence-electron chi connectivity index (χ0n) is 14.0. The molecule has 0 radical (unpaired) electrons. The average molecular weight is 369 g/mol. The first kappa shape index (κ1) is 17.3. The fraction of sp³-hybridized carbons (Fsp3) is 0.100. The summed E-state index contributed by atoms with van der Waals surface area (Å²) < 4.78 is 10.3. The first-order chi connectivity index (χ1) is 12.3. The Labute approximate surface area is 154 Å². The highest BCUT2D eigenvalue weighted by molar-refractivity contribution is 7.69. The third kappa shape index (κ3) is 4.98. The van der Waals surface area contributed by atoms with Crippen molar-refractivity contribution in [2.24, 2.45) is 0 Å². The predicted molar refractivity (Wildman–Crippen MR) is 108 cm³/mol. The van der Waals surface area contributed by atoms with E-state index in [1.54, 1.807) is 34.9 Å². The average Bonchev–Trinajstić information content (AvgIpc) is 3.13. The minimum absolute atomic E-state index is 0.861. The van der Waals surface area contributed by atoms with Crippen molar-refractivity contribution in [1.82, 2.24) is 4.98 Å². The van der Waals surface area contributed by atoms with Crippen LogP contribution >= 0.6 is 20.7 Å². The minimum atomic E-state index is 0.861. The zero-order valence-corrected chi connectivity index (χ0v) is 15.6. The van der Waals surface area contributed by atoms with Crippen LogP contribution in [0.5, 0.6) is 11.5 Å². The van der Waals surface area contributed by atoms with Crippen molar-refractivity contribution in [1.29, 1.82) is 0 Å². The molecule has 0 spiro atoms. The van der Waals surface area contributed by atoms with Crippen molar-refractivity contribution in [3.8, 4) is 11.5 Å². The molecule has 0 bridgehead atoms. The van der Waals surface area contributed by atoms with Gasteiger partial charge in [-0.15, -0.1) is 0 Å². The molecule has 0 N–H and O–H groups in total. The number of hydrogen-bond acceptors (Lipinski definition) is 4. The standard InChI is InChI=1S/C20H18NO2S2/c1-22-17-9-3-15(4-10-17)7-13-19-21-20(25-24-19)14-8-16-5-11-18(23-2)12-6-16/h3-14H,1-2H3/q+1. The second-order valence-corrected chi connectivity index (χ2v) is 7.34. The first-order valence-electron chi connectivity index (χ1n) is 7.71. The number of ether oxygens (including phenoxy) is 2. The molecule has 0 saturated heterocycles. The van der Waals surface area contributed by atoms with Gasteiger partial charge in [0, 0.05) is 6.08 Å². The number of aromatic nitrogens is 1. The normalized spacial score (nSPS) is 11.3. The molecular weight excluding hydrogens is 350 g/mol. The summed E-state index contributed by atoms with van der Waals surface area (Å²) in [5.74, 6) is 1.72. The molecule has 0 fully saturated rings. The lowest BCUT2D eigenvalue weighted by molar-refractivity contribution is 0.414. The molecule has 1 aromatic heterocycles. The molecule has 3 rings (SSSR count). The monoisotopic (exact) mass is 368 g/mol. The molecular formula is C20H18NO2S2+.